The summed E-state index contributed by atoms with van der Waals surface area (Å²) in [5.41, 5.74) is 4.67. The third kappa shape index (κ3) is 10.5. The molecule has 4 aliphatic rings. The molecule has 0 aromatic carbocycles. The maximum absolute atomic E-state index is 13.8. The molecule has 0 saturated carbocycles. The smallest absolute Gasteiger partial charge is 0.264 e. The number of amides is 2. The SMILES string of the molecule is C\C(Cl)=C/C(Cl)=C\C=C\C=C\C=C\C=C\C(O)=C1\C(=O)[C@H](CC(N)=O)N([C@@H]2OC[C@@H](O)[C@H](O)[C@H]2O[C@@H]2OC[C@@H](O[C@@H]3O[C@H](C)[C@@H](O)[C@@H]3O)[C@@H](O)[C@@H]2O)C1=O. The van der Waals surface area contributed by atoms with Gasteiger partial charge >= 0.3 is 0 Å². The van der Waals surface area contributed by atoms with Gasteiger partial charge in [0, 0.05) is 10.1 Å². The molecule has 54 heavy (non-hydrogen) atoms. The van der Waals surface area contributed by atoms with Crippen molar-refractivity contribution in [2.45, 2.75) is 100 Å². The topological polar surface area (TPSA) is 268 Å². The molecule has 13 atom stereocenters. The molecule has 0 unspecified atom stereocenters. The fourth-order valence-electron chi connectivity index (χ4n) is 5.94. The molecule has 0 bridgehead atoms. The number of hydrogen-bond acceptors (Lipinski definition) is 15. The Kier molecular flexibility index (Phi) is 15.7. The second kappa shape index (κ2) is 19.5. The third-order valence-electron chi connectivity index (χ3n) is 8.71. The number of Topliss-reactive ketones (excluding diaryl/α,β-unsaturated/α-hetero) is 1. The van der Waals surface area contributed by atoms with Gasteiger partial charge in [-0.25, -0.2) is 0 Å². The van der Waals surface area contributed by atoms with Crippen molar-refractivity contribution in [3.63, 3.8) is 0 Å². The number of ether oxygens (including phenoxy) is 5. The van der Waals surface area contributed by atoms with Gasteiger partial charge in [-0.2, -0.15) is 0 Å². The first-order chi connectivity index (χ1) is 25.5. The molecule has 0 spiro atoms. The number of aliphatic hydroxyl groups excluding tert-OH is 7. The maximum atomic E-state index is 13.8. The zero-order valence-electron chi connectivity index (χ0n) is 29.1. The van der Waals surface area contributed by atoms with E-state index in [9.17, 15) is 50.1 Å². The second-order valence-electron chi connectivity index (χ2n) is 12.8. The number of nitrogens with zero attached hydrogens (tertiary/aromatic N) is 1. The Bertz CT molecular complexity index is 1590. The Morgan fingerprint density at radius 1 is 0.870 bits per heavy atom. The molecule has 0 aromatic rings. The van der Waals surface area contributed by atoms with E-state index in [1.54, 1.807) is 49.5 Å². The van der Waals surface area contributed by atoms with E-state index in [2.05, 4.69) is 0 Å². The molecule has 2 amide bonds. The fraction of sp³-hybridized carbons (Fsp3) is 0.514. The van der Waals surface area contributed by atoms with Crippen molar-refractivity contribution < 1.29 is 73.8 Å². The predicted molar refractivity (Wildman–Crippen MR) is 189 cm³/mol. The van der Waals surface area contributed by atoms with Gasteiger partial charge in [-0.15, -0.1) is 0 Å². The molecule has 298 valence electrons. The molecule has 0 aliphatic carbocycles. The highest BCUT2D eigenvalue weighted by atomic mass is 35.5. The van der Waals surface area contributed by atoms with E-state index in [1.807, 2.05) is 0 Å². The first-order valence-electron chi connectivity index (χ1n) is 16.8. The van der Waals surface area contributed by atoms with Crippen LogP contribution in [-0.4, -0.2) is 151 Å². The molecule has 17 nitrogen and oxygen atoms in total. The van der Waals surface area contributed by atoms with Crippen molar-refractivity contribution in [1.29, 1.82) is 0 Å². The van der Waals surface area contributed by atoms with Crippen molar-refractivity contribution in [3.05, 3.63) is 82.2 Å². The Labute approximate surface area is 320 Å². The van der Waals surface area contributed by atoms with Crippen molar-refractivity contribution in [2.75, 3.05) is 13.2 Å². The van der Waals surface area contributed by atoms with Gasteiger partial charge in [-0.05, 0) is 32.1 Å². The number of hydrogen-bond donors (Lipinski definition) is 8. The molecule has 4 heterocycles. The molecular formula is C35H44Cl2N2O15. The Balaban J connectivity index is 1.50. The third-order valence-corrected chi connectivity index (χ3v) is 9.06. The second-order valence-corrected chi connectivity index (χ2v) is 13.8. The summed E-state index contributed by atoms with van der Waals surface area (Å²) in [6.45, 7) is 2.15. The summed E-state index contributed by atoms with van der Waals surface area (Å²) in [5, 5.41) is 75.0. The molecule has 4 aliphatic heterocycles. The number of halogens is 2. The van der Waals surface area contributed by atoms with Crippen molar-refractivity contribution in [2.24, 2.45) is 5.73 Å². The number of carbonyl (C=O) groups excluding carboxylic acids is 3. The quantitative estimate of drug-likeness (QED) is 0.0497. The number of ketones is 1. The lowest BCUT2D eigenvalue weighted by Gasteiger charge is -2.46. The average Bonchev–Trinajstić information content (AvgIpc) is 3.49. The van der Waals surface area contributed by atoms with Gasteiger partial charge in [0.05, 0.1) is 25.7 Å². The van der Waals surface area contributed by atoms with Gasteiger partial charge < -0.3 is 65.2 Å². The van der Waals surface area contributed by atoms with E-state index in [4.69, 9.17) is 52.6 Å². The monoisotopic (exact) mass is 802 g/mol. The first-order valence-corrected chi connectivity index (χ1v) is 17.5. The van der Waals surface area contributed by atoms with Crippen LogP contribution in [-0.2, 0) is 38.1 Å². The van der Waals surface area contributed by atoms with Crippen LogP contribution in [0.25, 0.3) is 0 Å². The minimum atomic E-state index is -1.89. The summed E-state index contributed by atoms with van der Waals surface area (Å²) in [7, 11) is 0. The molecule has 4 rings (SSSR count). The number of likely N-dealkylation sites (tertiary alicyclic amines) is 1. The zero-order valence-corrected chi connectivity index (χ0v) is 30.6. The van der Waals surface area contributed by atoms with Crippen molar-refractivity contribution >= 4 is 40.8 Å². The van der Waals surface area contributed by atoms with Crippen LogP contribution >= 0.6 is 23.2 Å². The van der Waals surface area contributed by atoms with E-state index >= 15 is 0 Å². The standard InChI is InChI=1S/C35H44Cl2N2O15/c1-16(36)12-18(37)10-8-6-4-3-5-7-9-11-20(40)24-26(44)19(13-23(38)42)39(32(24)49)33-31(27(45)21(41)14-50-33)54-34-30(48)28(46)22(15-51-34)53-35-29(47)25(43)17(2)52-35/h3-12,17,19,21-22,25,27-31,33-35,40-41,43,45-48H,13-15H2,1-2H3,(H2,38,42)/b4-3+,7-5+,8-6+,11-9+,16-12+,18-10+,24-20+/t17-,19+,21-,22-,25-,27+,28-,29+,30+,31-,33-,34+,35+/m1/s1. The van der Waals surface area contributed by atoms with Crippen LogP contribution in [0.1, 0.15) is 20.3 Å². The highest BCUT2D eigenvalue weighted by molar-refractivity contribution is 6.34. The summed E-state index contributed by atoms with van der Waals surface area (Å²) in [5.74, 6) is -3.88. The molecule has 0 aromatic heterocycles. The van der Waals surface area contributed by atoms with Crippen LogP contribution in [0.4, 0.5) is 0 Å². The lowest BCUT2D eigenvalue weighted by atomic mass is 10.0. The Morgan fingerprint density at radius 2 is 1.50 bits per heavy atom. The first kappa shape index (κ1) is 43.5. The van der Waals surface area contributed by atoms with Gasteiger partial charge in [0.2, 0.25) is 5.91 Å². The normalized spacial score (nSPS) is 38.3. The molecule has 19 heteroatoms. The van der Waals surface area contributed by atoms with Crippen LogP contribution in [0, 0.1) is 0 Å². The van der Waals surface area contributed by atoms with Crippen LogP contribution in [0.15, 0.2) is 82.2 Å². The fourth-order valence-corrected chi connectivity index (χ4v) is 6.35. The van der Waals surface area contributed by atoms with E-state index < -0.39 is 128 Å². The minimum absolute atomic E-state index is 0.431. The molecule has 4 fully saturated rings. The van der Waals surface area contributed by atoms with E-state index in [1.165, 1.54) is 19.1 Å². The van der Waals surface area contributed by atoms with Crippen LogP contribution < -0.4 is 5.73 Å². The summed E-state index contributed by atoms with van der Waals surface area (Å²) in [6, 6.07) is -1.63. The largest absolute Gasteiger partial charge is 0.507 e. The van der Waals surface area contributed by atoms with Crippen LogP contribution in [0.2, 0.25) is 0 Å². The number of nitrogens with two attached hydrogens (primary N) is 1. The lowest BCUT2D eigenvalue weighted by Crippen LogP contribution is -2.65. The molecule has 0 radical (unpaired) electrons. The summed E-state index contributed by atoms with van der Waals surface area (Å²) >= 11 is 11.7. The van der Waals surface area contributed by atoms with Gasteiger partial charge in [-0.1, -0.05) is 65.7 Å². The number of rotatable bonds is 13. The van der Waals surface area contributed by atoms with Crippen molar-refractivity contribution in [3.8, 4) is 0 Å². The number of primary amides is 1. The average molecular weight is 804 g/mol. The summed E-state index contributed by atoms with van der Waals surface area (Å²) in [6.07, 6.45) is -3.79. The van der Waals surface area contributed by atoms with E-state index in [0.717, 1.165) is 11.0 Å². The van der Waals surface area contributed by atoms with E-state index in [0.29, 0.717) is 10.1 Å². The predicted octanol–water partition coefficient (Wildman–Crippen LogP) is -0.663. The Hall–Kier alpha value is -3.27. The minimum Gasteiger partial charge on any atom is -0.507 e. The molecule has 4 saturated heterocycles. The van der Waals surface area contributed by atoms with Gasteiger partial charge in [0.15, 0.2) is 24.6 Å². The lowest BCUT2D eigenvalue weighted by molar-refractivity contribution is -0.338. The summed E-state index contributed by atoms with van der Waals surface area (Å²) < 4.78 is 27.9. The zero-order chi connectivity index (χ0) is 39.9. The number of allylic oxidation sites excluding steroid dienone is 12. The maximum Gasteiger partial charge on any atom is 0.264 e. The van der Waals surface area contributed by atoms with Gasteiger partial charge in [-0.3, -0.25) is 19.3 Å². The molecular weight excluding hydrogens is 759 g/mol. The number of aliphatic hydroxyl groups is 7. The Morgan fingerprint density at radius 3 is 2.11 bits per heavy atom. The number of carbonyl (C=O) groups is 3. The van der Waals surface area contributed by atoms with Crippen LogP contribution in [0.3, 0.4) is 0 Å². The van der Waals surface area contributed by atoms with Crippen molar-refractivity contribution in [1.82, 2.24) is 4.90 Å². The van der Waals surface area contributed by atoms with Crippen LogP contribution in [0.5, 0.6) is 0 Å². The highest BCUT2D eigenvalue weighted by Crippen LogP contribution is 2.35. The van der Waals surface area contributed by atoms with Gasteiger partial charge in [0.1, 0.15) is 66.2 Å². The highest BCUT2D eigenvalue weighted by Gasteiger charge is 2.56. The van der Waals surface area contributed by atoms with Gasteiger partial charge in [0.25, 0.3) is 5.91 Å². The molecule has 9 N–H and O–H groups in total. The van der Waals surface area contributed by atoms with E-state index in [-0.39, 0.29) is 0 Å². The summed E-state index contributed by atoms with van der Waals surface area (Å²) in [4.78, 5) is 40.1.